The number of hydrogen-bond acceptors (Lipinski definition) is 6. The number of aliphatic hydroxyl groups excluding tert-OH is 2. The van der Waals surface area contributed by atoms with Crippen LogP contribution in [0.3, 0.4) is 0 Å². The molecule has 4 aliphatic rings. The third-order valence-corrected chi connectivity index (χ3v) is 9.75. The van der Waals surface area contributed by atoms with Gasteiger partial charge in [-0.15, -0.1) is 0 Å². The number of halogens is 1. The minimum absolute atomic E-state index is 0.0769. The van der Waals surface area contributed by atoms with Crippen LogP contribution in [-0.2, 0) is 19.1 Å². The fourth-order valence-corrected chi connectivity index (χ4v) is 8.07. The van der Waals surface area contributed by atoms with Gasteiger partial charge in [0.25, 0.3) is 0 Å². The molecule has 188 valence electrons. The molecule has 0 bridgehead atoms. The highest BCUT2D eigenvalue weighted by Gasteiger charge is 2.77. The normalized spacial score (nSPS) is 45.1. The molecule has 0 radical (unpaired) electrons. The molecule has 0 heterocycles. The van der Waals surface area contributed by atoms with Gasteiger partial charge < -0.3 is 14.9 Å². The van der Waals surface area contributed by atoms with Gasteiger partial charge in [-0.05, 0) is 57.1 Å². The van der Waals surface area contributed by atoms with Crippen molar-refractivity contribution in [1.82, 2.24) is 0 Å². The summed E-state index contributed by atoms with van der Waals surface area (Å²) in [4.78, 5) is 38.1. The van der Waals surface area contributed by atoms with E-state index in [1.165, 1.54) is 12.2 Å². The summed E-state index contributed by atoms with van der Waals surface area (Å²) in [7, 11) is 0. The zero-order chi connectivity index (χ0) is 25.1. The predicted octanol–water partition coefficient (Wildman–Crippen LogP) is 3.64. The number of aliphatic hydroxyl groups is 2. The second-order valence-electron chi connectivity index (χ2n) is 11.3. The summed E-state index contributed by atoms with van der Waals surface area (Å²) in [5.41, 5.74) is -5.11. The minimum Gasteiger partial charge on any atom is -0.450 e. The lowest BCUT2D eigenvalue weighted by atomic mass is 9.44. The highest BCUT2D eigenvalue weighted by Crippen LogP contribution is 2.71. The van der Waals surface area contributed by atoms with E-state index in [0.717, 1.165) is 6.42 Å². The summed E-state index contributed by atoms with van der Waals surface area (Å²) in [6, 6.07) is 0. The van der Waals surface area contributed by atoms with Crippen molar-refractivity contribution < 1.29 is 33.7 Å². The molecule has 0 aromatic carbocycles. The summed E-state index contributed by atoms with van der Waals surface area (Å²) < 4.78 is 23.3. The molecule has 34 heavy (non-hydrogen) atoms. The van der Waals surface area contributed by atoms with Crippen molar-refractivity contribution in [2.75, 3.05) is 6.61 Å². The summed E-state index contributed by atoms with van der Waals surface area (Å²) in [6.07, 6.45) is 5.92. The van der Waals surface area contributed by atoms with Gasteiger partial charge in [0.1, 0.15) is 6.61 Å². The van der Waals surface area contributed by atoms with Crippen LogP contribution in [0.4, 0.5) is 4.39 Å². The molecule has 2 N–H and O–H groups in total. The molecule has 0 saturated heterocycles. The highest BCUT2D eigenvalue weighted by molar-refractivity contribution is 6.01. The molecule has 3 fully saturated rings. The maximum Gasteiger partial charge on any atom is 0.306 e. The van der Waals surface area contributed by atoms with Gasteiger partial charge in [0.05, 0.1) is 6.10 Å². The molecule has 7 heteroatoms. The molecule has 0 aliphatic heterocycles. The Bertz CT molecular complexity index is 957. The van der Waals surface area contributed by atoms with Gasteiger partial charge in [-0.3, -0.25) is 14.4 Å². The number of Topliss-reactive ketones (excluding diaryl/α,β-unsaturated/α-hetero) is 1. The fourth-order valence-electron chi connectivity index (χ4n) is 8.07. The number of ether oxygens (including phenoxy) is 1. The van der Waals surface area contributed by atoms with Crippen LogP contribution < -0.4 is 0 Å². The number of unbranched alkanes of at least 4 members (excludes halogenated alkanes) is 1. The summed E-state index contributed by atoms with van der Waals surface area (Å²) in [5, 5.41) is 21.4. The number of esters is 1. The quantitative estimate of drug-likeness (QED) is 0.568. The number of hydrogen-bond donors (Lipinski definition) is 2. The van der Waals surface area contributed by atoms with Crippen LogP contribution in [-0.4, -0.2) is 51.7 Å². The van der Waals surface area contributed by atoms with Gasteiger partial charge in [-0.1, -0.05) is 38.8 Å². The monoisotopic (exact) mass is 476 g/mol. The van der Waals surface area contributed by atoms with E-state index in [1.54, 1.807) is 13.0 Å². The van der Waals surface area contributed by atoms with Crippen LogP contribution in [0, 0.1) is 28.6 Å². The van der Waals surface area contributed by atoms with Gasteiger partial charge in [0, 0.05) is 29.1 Å². The molecule has 6 nitrogen and oxygen atoms in total. The van der Waals surface area contributed by atoms with Crippen molar-refractivity contribution in [3.63, 3.8) is 0 Å². The topological polar surface area (TPSA) is 101 Å². The maximum absolute atomic E-state index is 17.3. The Morgan fingerprint density at radius 1 is 1.26 bits per heavy atom. The smallest absolute Gasteiger partial charge is 0.306 e. The lowest BCUT2D eigenvalue weighted by molar-refractivity contribution is -0.228. The van der Waals surface area contributed by atoms with Crippen molar-refractivity contribution in [2.24, 2.45) is 28.6 Å². The van der Waals surface area contributed by atoms with Gasteiger partial charge in [-0.2, -0.15) is 0 Å². The maximum atomic E-state index is 17.3. The first-order valence-electron chi connectivity index (χ1n) is 12.6. The van der Waals surface area contributed by atoms with E-state index in [-0.39, 0.29) is 24.5 Å². The Morgan fingerprint density at radius 2 is 1.97 bits per heavy atom. The Balaban J connectivity index is 1.80. The number of fused-ring (bicyclic) bond motifs is 5. The molecule has 0 unspecified atom stereocenters. The first-order chi connectivity index (χ1) is 15.9. The third-order valence-electron chi connectivity index (χ3n) is 9.75. The predicted molar refractivity (Wildman–Crippen MR) is 123 cm³/mol. The second kappa shape index (κ2) is 8.37. The number of carbonyl (C=O) groups excluding carboxylic acids is 3. The van der Waals surface area contributed by atoms with E-state index in [4.69, 9.17) is 4.74 Å². The molecule has 4 rings (SSSR count). The lowest BCUT2D eigenvalue weighted by Gasteiger charge is -2.62. The average molecular weight is 477 g/mol. The van der Waals surface area contributed by atoms with Crippen molar-refractivity contribution in [3.8, 4) is 0 Å². The number of carbonyl (C=O) groups is 3. The standard InChI is InChI=1S/C27H37FO6/c1-5-6-7-23(33)34-27(22(32)15-29)16(2)12-20-19-9-8-17-13-18(30)10-11-24(17,3)26(19,28)21(31)14-25(20,27)4/h10-11,13,16,19-21,29,31H,5-9,12,14-15H2,1-4H3/t16-,19+,20+,21+,24+,25+,26+,27-/m1/s1. The van der Waals surface area contributed by atoms with Gasteiger partial charge in [0.2, 0.25) is 5.78 Å². The lowest BCUT2D eigenvalue weighted by Crippen LogP contribution is -2.70. The Hall–Kier alpha value is -1.86. The molecule has 0 aromatic rings. The Morgan fingerprint density at radius 3 is 2.62 bits per heavy atom. The number of alkyl halides is 1. The highest BCUT2D eigenvalue weighted by atomic mass is 19.1. The molecule has 8 atom stereocenters. The van der Waals surface area contributed by atoms with Crippen LogP contribution in [0.25, 0.3) is 0 Å². The molecular formula is C27H37FO6. The third kappa shape index (κ3) is 3.08. The van der Waals surface area contributed by atoms with Crippen molar-refractivity contribution in [3.05, 3.63) is 23.8 Å². The van der Waals surface area contributed by atoms with E-state index in [1.807, 2.05) is 20.8 Å². The summed E-state index contributed by atoms with van der Waals surface area (Å²) >= 11 is 0. The molecule has 4 aliphatic carbocycles. The molecule has 0 amide bonds. The van der Waals surface area contributed by atoms with E-state index in [2.05, 4.69) is 0 Å². The van der Waals surface area contributed by atoms with Gasteiger partial charge >= 0.3 is 5.97 Å². The van der Waals surface area contributed by atoms with Crippen LogP contribution in [0.1, 0.15) is 72.6 Å². The van der Waals surface area contributed by atoms with E-state index in [9.17, 15) is 24.6 Å². The number of rotatable bonds is 6. The SMILES string of the molecule is CCCCC(=O)O[C@@]1(C(=O)CO)[C@H](C)C[C@H]2[C@@H]3CCC4=CC(=O)C=C[C@]4(C)[C@@]3(F)[C@@H](O)C[C@@]21C. The van der Waals surface area contributed by atoms with Crippen LogP contribution in [0.5, 0.6) is 0 Å². The zero-order valence-electron chi connectivity index (χ0n) is 20.6. The molecule has 0 aromatic heterocycles. The van der Waals surface area contributed by atoms with Crippen LogP contribution in [0.15, 0.2) is 23.8 Å². The first-order valence-corrected chi connectivity index (χ1v) is 12.6. The second-order valence-corrected chi connectivity index (χ2v) is 11.3. The van der Waals surface area contributed by atoms with Crippen LogP contribution >= 0.6 is 0 Å². The summed E-state index contributed by atoms with van der Waals surface area (Å²) in [6.45, 7) is 6.55. The number of allylic oxidation sites excluding steroid dienone is 4. The van der Waals surface area contributed by atoms with Gasteiger partial charge in [-0.25, -0.2) is 4.39 Å². The summed E-state index contributed by atoms with van der Waals surface area (Å²) in [5.74, 6) is -2.62. The molecular weight excluding hydrogens is 439 g/mol. The largest absolute Gasteiger partial charge is 0.450 e. The average Bonchev–Trinajstić information content (AvgIpc) is 3.00. The van der Waals surface area contributed by atoms with E-state index < -0.39 is 58.4 Å². The Labute approximate surface area is 200 Å². The Kier molecular flexibility index (Phi) is 6.21. The molecule has 0 spiro atoms. The van der Waals surface area contributed by atoms with E-state index in [0.29, 0.717) is 31.3 Å². The fraction of sp³-hybridized carbons (Fsp3) is 0.741. The number of ketones is 2. The van der Waals surface area contributed by atoms with Crippen molar-refractivity contribution >= 4 is 17.5 Å². The van der Waals surface area contributed by atoms with Crippen molar-refractivity contribution in [1.29, 1.82) is 0 Å². The van der Waals surface area contributed by atoms with Gasteiger partial charge in [0.15, 0.2) is 17.1 Å². The molecule has 3 saturated carbocycles. The first kappa shape index (κ1) is 25.2. The van der Waals surface area contributed by atoms with Crippen molar-refractivity contribution in [2.45, 2.75) is 90.0 Å². The minimum atomic E-state index is -2.03. The van der Waals surface area contributed by atoms with Crippen LogP contribution in [0.2, 0.25) is 0 Å². The van der Waals surface area contributed by atoms with E-state index >= 15 is 4.39 Å². The zero-order valence-corrected chi connectivity index (χ0v) is 20.6.